The third kappa shape index (κ3) is 3.27. The molecule has 1 amide bonds. The molecule has 0 fully saturated rings. The number of amides is 1. The molecule has 7 nitrogen and oxygen atoms in total. The molecule has 0 aliphatic rings. The van der Waals surface area contributed by atoms with Crippen molar-refractivity contribution in [1.29, 1.82) is 0 Å². The van der Waals surface area contributed by atoms with Crippen molar-refractivity contribution in [2.45, 2.75) is 6.54 Å². The number of rotatable bonds is 6. The molecule has 96 valence electrons. The zero-order valence-electron chi connectivity index (χ0n) is 10.1. The average molecular weight is 250 g/mol. The quantitative estimate of drug-likeness (QED) is 0.438. The maximum atomic E-state index is 11.7. The lowest BCUT2D eigenvalue weighted by atomic mass is 10.0. The summed E-state index contributed by atoms with van der Waals surface area (Å²) in [6.45, 7) is 0.208. The molecule has 18 heavy (non-hydrogen) atoms. The van der Waals surface area contributed by atoms with Gasteiger partial charge in [0.05, 0.1) is 6.54 Å². The van der Waals surface area contributed by atoms with Crippen LogP contribution in [0.2, 0.25) is 0 Å². The summed E-state index contributed by atoms with van der Waals surface area (Å²) in [7, 11) is 2.86. The van der Waals surface area contributed by atoms with E-state index in [1.54, 1.807) is 24.3 Å². The van der Waals surface area contributed by atoms with Crippen molar-refractivity contribution in [3.63, 3.8) is 0 Å². The molecule has 0 saturated heterocycles. The van der Waals surface area contributed by atoms with Crippen molar-refractivity contribution in [2.24, 2.45) is 10.4 Å². The molecule has 0 radical (unpaired) electrons. The van der Waals surface area contributed by atoms with E-state index in [0.29, 0.717) is 5.56 Å². The van der Waals surface area contributed by atoms with Gasteiger partial charge < -0.3 is 10.2 Å². The topological polar surface area (TPSA) is 92.2 Å². The van der Waals surface area contributed by atoms with E-state index in [4.69, 9.17) is 0 Å². The monoisotopic (exact) mass is 250 g/mol. The minimum absolute atomic E-state index is 0.142. The molecule has 0 spiro atoms. The number of benzene rings is 1. The molecule has 1 aromatic carbocycles. The number of hydrogen-bond donors (Lipinski definition) is 2. The van der Waals surface area contributed by atoms with E-state index in [0.717, 1.165) is 5.56 Å². The van der Waals surface area contributed by atoms with E-state index >= 15 is 0 Å². The number of oxime groups is 1. The molecule has 1 rings (SSSR count). The highest BCUT2D eigenvalue weighted by molar-refractivity contribution is 6.45. The van der Waals surface area contributed by atoms with E-state index in [1.807, 2.05) is 0 Å². The Bertz CT molecular complexity index is 459. The molecule has 0 atom stereocenters. The minimum atomic E-state index is -0.372. The first-order chi connectivity index (χ1) is 8.74. The van der Waals surface area contributed by atoms with Gasteiger partial charge in [0, 0.05) is 17.9 Å². The number of nitrogens with zero attached hydrogens (tertiary/aromatic N) is 2. The van der Waals surface area contributed by atoms with Crippen LogP contribution < -0.4 is 10.7 Å². The predicted octanol–water partition coefficient (Wildman–Crippen LogP) is 0.554. The first-order valence-electron chi connectivity index (χ1n) is 5.21. The highest BCUT2D eigenvalue weighted by atomic mass is 16.6. The number of nitrogens with one attached hydrogen (secondary N) is 2. The van der Waals surface area contributed by atoms with Gasteiger partial charge in [0.25, 0.3) is 5.91 Å². The molecule has 7 heteroatoms. The fourth-order valence-corrected chi connectivity index (χ4v) is 1.45. The number of hydrogen-bond acceptors (Lipinski definition) is 5. The maximum Gasteiger partial charge on any atom is 0.273 e. The first kappa shape index (κ1) is 13.6. The standard InChI is InChI=1S/C11H14N4O3/c1-12-11(16)10(14-18-2)9-6-4-3-5-8(9)7-13-15-17/h3-6H,7H2,1-2H3,(H,12,16)(H,13,17). The molecule has 0 aliphatic heterocycles. The molecule has 1 aromatic rings. The van der Waals surface area contributed by atoms with Crippen LogP contribution in [0.4, 0.5) is 0 Å². The van der Waals surface area contributed by atoms with E-state index < -0.39 is 0 Å². The summed E-state index contributed by atoms with van der Waals surface area (Å²) in [6, 6.07) is 7.04. The second-order valence-electron chi connectivity index (χ2n) is 3.28. The summed E-state index contributed by atoms with van der Waals surface area (Å²) in [5, 5.41) is 8.75. The average Bonchev–Trinajstić information content (AvgIpc) is 2.42. The zero-order valence-corrected chi connectivity index (χ0v) is 10.1. The van der Waals surface area contributed by atoms with Crippen LogP contribution in [0, 0.1) is 4.91 Å². The Hall–Kier alpha value is -2.44. The lowest BCUT2D eigenvalue weighted by molar-refractivity contribution is -0.114. The van der Waals surface area contributed by atoms with Crippen LogP contribution in [-0.2, 0) is 16.2 Å². The summed E-state index contributed by atoms with van der Waals surface area (Å²) >= 11 is 0. The van der Waals surface area contributed by atoms with Gasteiger partial charge in [-0.3, -0.25) is 10.2 Å². The number of likely N-dealkylation sites (N-methyl/N-ethyl adjacent to an activating group) is 1. The Morgan fingerprint density at radius 2 is 2.11 bits per heavy atom. The van der Waals surface area contributed by atoms with Crippen molar-refractivity contribution < 1.29 is 9.63 Å². The second-order valence-corrected chi connectivity index (χ2v) is 3.28. The van der Waals surface area contributed by atoms with Gasteiger partial charge in [-0.25, -0.2) is 0 Å². The highest BCUT2D eigenvalue weighted by Gasteiger charge is 2.16. The second kappa shape index (κ2) is 7.00. The van der Waals surface area contributed by atoms with Gasteiger partial charge in [-0.1, -0.05) is 29.4 Å². The van der Waals surface area contributed by atoms with Crippen LogP contribution >= 0.6 is 0 Å². The number of carbonyl (C=O) groups excluding carboxylic acids is 1. The molecular formula is C11H14N4O3. The Morgan fingerprint density at radius 3 is 2.72 bits per heavy atom. The maximum absolute atomic E-state index is 11.7. The molecule has 2 N–H and O–H groups in total. The minimum Gasteiger partial charge on any atom is -0.398 e. The van der Waals surface area contributed by atoms with Gasteiger partial charge in [0.2, 0.25) is 0 Å². The van der Waals surface area contributed by atoms with Crippen LogP contribution in [0.3, 0.4) is 0 Å². The first-order valence-corrected chi connectivity index (χ1v) is 5.21. The SMILES string of the molecule is CNC(=O)C(=NOC)c1ccccc1CNN=O. The van der Waals surface area contributed by atoms with E-state index in [2.05, 4.69) is 26.0 Å². The summed E-state index contributed by atoms with van der Waals surface area (Å²) in [6.07, 6.45) is 0. The van der Waals surface area contributed by atoms with Gasteiger partial charge in [0.1, 0.15) is 7.11 Å². The third-order valence-electron chi connectivity index (χ3n) is 2.23. The van der Waals surface area contributed by atoms with Crippen LogP contribution in [0.1, 0.15) is 11.1 Å². The van der Waals surface area contributed by atoms with Crippen molar-refractivity contribution in [2.75, 3.05) is 14.2 Å². The highest BCUT2D eigenvalue weighted by Crippen LogP contribution is 2.11. The van der Waals surface area contributed by atoms with E-state index in [-0.39, 0.29) is 18.2 Å². The van der Waals surface area contributed by atoms with Crippen molar-refractivity contribution in [3.8, 4) is 0 Å². The Morgan fingerprint density at radius 1 is 1.39 bits per heavy atom. The molecule has 0 saturated carbocycles. The molecule has 0 bridgehead atoms. The molecule has 0 aromatic heterocycles. The summed E-state index contributed by atoms with van der Waals surface area (Å²) in [4.78, 5) is 26.4. The van der Waals surface area contributed by atoms with E-state index in [9.17, 15) is 9.70 Å². The van der Waals surface area contributed by atoms with Crippen molar-refractivity contribution >= 4 is 11.6 Å². The van der Waals surface area contributed by atoms with Gasteiger partial charge in [-0.05, 0) is 5.56 Å². The third-order valence-corrected chi connectivity index (χ3v) is 2.23. The fraction of sp³-hybridized carbons (Fsp3) is 0.273. The van der Waals surface area contributed by atoms with Gasteiger partial charge in [-0.2, -0.15) is 0 Å². The largest absolute Gasteiger partial charge is 0.398 e. The number of carbonyl (C=O) groups is 1. The van der Waals surface area contributed by atoms with E-state index in [1.165, 1.54) is 14.2 Å². The van der Waals surface area contributed by atoms with Crippen molar-refractivity contribution in [1.82, 2.24) is 10.7 Å². The van der Waals surface area contributed by atoms with Gasteiger partial charge >= 0.3 is 0 Å². The Balaban J connectivity index is 3.15. The van der Waals surface area contributed by atoms with Crippen LogP contribution in [0.25, 0.3) is 0 Å². The lowest BCUT2D eigenvalue weighted by Crippen LogP contribution is -2.29. The Kier molecular flexibility index (Phi) is 5.30. The Labute approximate surface area is 104 Å². The van der Waals surface area contributed by atoms with Gasteiger partial charge in [-0.15, -0.1) is 4.91 Å². The smallest absolute Gasteiger partial charge is 0.273 e. The van der Waals surface area contributed by atoms with Gasteiger partial charge in [0.15, 0.2) is 5.71 Å². The number of nitroso groups, excluding NO2 is 1. The molecule has 0 unspecified atom stereocenters. The summed E-state index contributed by atoms with van der Waals surface area (Å²) < 4.78 is 0. The lowest BCUT2D eigenvalue weighted by Gasteiger charge is -2.09. The van der Waals surface area contributed by atoms with Crippen LogP contribution in [0.15, 0.2) is 34.7 Å². The summed E-state index contributed by atoms with van der Waals surface area (Å²) in [5.41, 5.74) is 3.74. The summed E-state index contributed by atoms with van der Waals surface area (Å²) in [5.74, 6) is -0.372. The predicted molar refractivity (Wildman–Crippen MR) is 66.7 cm³/mol. The van der Waals surface area contributed by atoms with Crippen LogP contribution in [-0.4, -0.2) is 25.8 Å². The molecule has 0 heterocycles. The normalized spacial score (nSPS) is 10.7. The molecular weight excluding hydrogens is 236 g/mol. The fourth-order valence-electron chi connectivity index (χ4n) is 1.45. The van der Waals surface area contributed by atoms with Crippen molar-refractivity contribution in [3.05, 3.63) is 40.3 Å². The van der Waals surface area contributed by atoms with Crippen LogP contribution in [0.5, 0.6) is 0 Å². The molecule has 0 aliphatic carbocycles. The zero-order chi connectivity index (χ0) is 13.4.